The monoisotopic (exact) mass is 409 g/mol. The Labute approximate surface area is 171 Å². The fraction of sp³-hybridized carbons (Fsp3) is 0.227. The van der Waals surface area contributed by atoms with Crippen molar-refractivity contribution in [2.75, 3.05) is 13.2 Å². The van der Waals surface area contributed by atoms with E-state index in [0.717, 1.165) is 10.9 Å². The highest BCUT2D eigenvalue weighted by Gasteiger charge is 2.28. The third-order valence-electron chi connectivity index (χ3n) is 4.57. The molecule has 0 saturated heterocycles. The summed E-state index contributed by atoms with van der Waals surface area (Å²) in [5, 5.41) is 2.96. The number of esters is 1. The zero-order valence-electron chi connectivity index (χ0n) is 16.2. The van der Waals surface area contributed by atoms with E-state index in [2.05, 4.69) is 5.32 Å². The lowest BCUT2D eigenvalue weighted by Crippen LogP contribution is -2.47. The van der Waals surface area contributed by atoms with Crippen molar-refractivity contribution in [1.29, 1.82) is 0 Å². The Bertz CT molecular complexity index is 1120. The lowest BCUT2D eigenvalue weighted by atomic mass is 10.1. The van der Waals surface area contributed by atoms with Gasteiger partial charge in [-0.15, -0.1) is 0 Å². The smallest absolute Gasteiger partial charge is 0.310 e. The molecular formula is C22H19NO7. The molecule has 2 heterocycles. The van der Waals surface area contributed by atoms with E-state index in [1.54, 1.807) is 24.3 Å². The second-order valence-electron chi connectivity index (χ2n) is 6.87. The van der Waals surface area contributed by atoms with E-state index in [-0.39, 0.29) is 13.0 Å². The topological polar surface area (TPSA) is 104 Å². The molecule has 8 heteroatoms. The number of hydrogen-bond acceptors (Lipinski definition) is 7. The van der Waals surface area contributed by atoms with E-state index >= 15 is 0 Å². The first-order chi connectivity index (χ1) is 14.5. The Morgan fingerprint density at radius 3 is 2.77 bits per heavy atom. The van der Waals surface area contributed by atoms with Crippen molar-refractivity contribution in [3.63, 3.8) is 0 Å². The molecule has 1 aromatic heterocycles. The molecule has 154 valence electrons. The highest BCUT2D eigenvalue weighted by atomic mass is 16.6. The molecule has 0 radical (unpaired) electrons. The molecule has 1 N–H and O–H groups in total. The third-order valence-corrected chi connectivity index (χ3v) is 4.57. The highest BCUT2D eigenvalue weighted by molar-refractivity contribution is 5.98. The van der Waals surface area contributed by atoms with Gasteiger partial charge in [0.1, 0.15) is 12.2 Å². The van der Waals surface area contributed by atoms with Crippen molar-refractivity contribution in [1.82, 2.24) is 5.32 Å². The normalized spacial score (nSPS) is 14.9. The fourth-order valence-electron chi connectivity index (χ4n) is 3.08. The molecule has 0 bridgehead atoms. The van der Waals surface area contributed by atoms with Crippen LogP contribution in [0.1, 0.15) is 11.1 Å². The van der Waals surface area contributed by atoms with E-state index in [4.69, 9.17) is 18.6 Å². The average Bonchev–Trinajstić information content (AvgIpc) is 3.13. The predicted octanol–water partition coefficient (Wildman–Crippen LogP) is 2.31. The Morgan fingerprint density at radius 2 is 1.93 bits per heavy atom. The van der Waals surface area contributed by atoms with Gasteiger partial charge in [0.25, 0.3) is 11.8 Å². The summed E-state index contributed by atoms with van der Waals surface area (Å²) >= 11 is 0. The second kappa shape index (κ2) is 8.28. The minimum absolute atomic E-state index is 0.0248. The summed E-state index contributed by atoms with van der Waals surface area (Å²) in [7, 11) is 0. The van der Waals surface area contributed by atoms with Gasteiger partial charge in [-0.1, -0.05) is 24.3 Å². The molecule has 3 aromatic rings. The first kappa shape index (κ1) is 19.5. The molecule has 1 aliphatic heterocycles. The first-order valence-electron chi connectivity index (χ1n) is 9.34. The minimum atomic E-state index is -0.972. The second-order valence-corrected chi connectivity index (χ2v) is 6.87. The van der Waals surface area contributed by atoms with Crippen LogP contribution in [0.2, 0.25) is 0 Å². The van der Waals surface area contributed by atoms with Crippen LogP contribution in [0.3, 0.4) is 0 Å². The Hall–Kier alpha value is -3.81. The number of furan rings is 1. The van der Waals surface area contributed by atoms with Gasteiger partial charge in [0.05, 0.1) is 12.7 Å². The predicted molar refractivity (Wildman–Crippen MR) is 105 cm³/mol. The number of amides is 2. The fourth-order valence-corrected chi connectivity index (χ4v) is 3.08. The van der Waals surface area contributed by atoms with Crippen LogP contribution in [0.5, 0.6) is 11.5 Å². The average molecular weight is 409 g/mol. The number of hydrogen-bond donors (Lipinski definition) is 1. The van der Waals surface area contributed by atoms with Gasteiger partial charge < -0.3 is 18.6 Å². The third kappa shape index (κ3) is 4.27. The summed E-state index contributed by atoms with van der Waals surface area (Å²) in [6.45, 7) is 1.34. The van der Waals surface area contributed by atoms with Gasteiger partial charge in [0.15, 0.2) is 18.1 Å². The summed E-state index contributed by atoms with van der Waals surface area (Å²) in [5.74, 6) is -1.06. The van der Waals surface area contributed by atoms with Gasteiger partial charge in [0, 0.05) is 10.9 Å². The number of imide groups is 1. The number of nitrogens with one attached hydrogen (secondary N) is 1. The number of para-hydroxylation sites is 2. The molecule has 2 aromatic carbocycles. The van der Waals surface area contributed by atoms with Crippen LogP contribution in [-0.4, -0.2) is 37.1 Å². The first-order valence-corrected chi connectivity index (χ1v) is 9.34. The van der Waals surface area contributed by atoms with Gasteiger partial charge in [-0.05, 0) is 30.7 Å². The molecule has 1 atom stereocenters. The Morgan fingerprint density at radius 1 is 1.13 bits per heavy atom. The zero-order chi connectivity index (χ0) is 21.1. The molecular weight excluding hydrogens is 390 g/mol. The number of rotatable bonds is 5. The van der Waals surface area contributed by atoms with Crippen LogP contribution in [0.25, 0.3) is 11.0 Å². The number of carbonyl (C=O) groups excluding carboxylic acids is 3. The molecule has 0 fully saturated rings. The molecule has 2 amide bonds. The molecule has 30 heavy (non-hydrogen) atoms. The van der Waals surface area contributed by atoms with Crippen LogP contribution in [0.4, 0.5) is 0 Å². The summed E-state index contributed by atoms with van der Waals surface area (Å²) in [6, 6.07) is 12.6. The van der Waals surface area contributed by atoms with E-state index in [1.165, 1.54) is 6.26 Å². The largest absolute Gasteiger partial charge is 0.485 e. The summed E-state index contributed by atoms with van der Waals surface area (Å²) in [6.07, 6.45) is 0.473. The van der Waals surface area contributed by atoms with Crippen molar-refractivity contribution in [2.45, 2.75) is 19.4 Å². The summed E-state index contributed by atoms with van der Waals surface area (Å²) in [4.78, 5) is 36.3. The molecule has 1 aliphatic rings. The summed E-state index contributed by atoms with van der Waals surface area (Å²) < 4.78 is 21.4. The van der Waals surface area contributed by atoms with Gasteiger partial charge in [0.2, 0.25) is 6.10 Å². The van der Waals surface area contributed by atoms with Gasteiger partial charge in [-0.25, -0.2) is 0 Å². The van der Waals surface area contributed by atoms with Crippen LogP contribution >= 0.6 is 0 Å². The standard InChI is InChI=1S/C22H19NO7/c1-13-6-7-15-14(10-27-18(15)8-13)9-21(25)29-12-20(24)23-22(26)19-11-28-16-4-2-3-5-17(16)30-19/h2-8,10,19H,9,11-12H2,1H3,(H,23,24,26)/t19-/m0/s1. The number of fused-ring (bicyclic) bond motifs is 2. The molecule has 0 saturated carbocycles. The maximum Gasteiger partial charge on any atom is 0.310 e. The SMILES string of the molecule is Cc1ccc2c(CC(=O)OCC(=O)NC(=O)[C@@H]3COc4ccccc4O3)coc2c1. The van der Waals surface area contributed by atoms with E-state index < -0.39 is 30.5 Å². The minimum Gasteiger partial charge on any atom is -0.485 e. The maximum absolute atomic E-state index is 12.2. The van der Waals surface area contributed by atoms with Crippen LogP contribution in [0, 0.1) is 6.92 Å². The van der Waals surface area contributed by atoms with Crippen molar-refractivity contribution >= 4 is 28.8 Å². The van der Waals surface area contributed by atoms with Crippen LogP contribution in [0.15, 0.2) is 53.1 Å². The Balaban J connectivity index is 1.26. The van der Waals surface area contributed by atoms with E-state index in [9.17, 15) is 14.4 Å². The highest BCUT2D eigenvalue weighted by Crippen LogP contribution is 2.30. The molecule has 8 nitrogen and oxygen atoms in total. The lowest BCUT2D eigenvalue weighted by Gasteiger charge is -2.25. The summed E-state index contributed by atoms with van der Waals surface area (Å²) in [5.41, 5.74) is 2.39. The van der Waals surface area contributed by atoms with Gasteiger partial charge in [-0.3, -0.25) is 19.7 Å². The number of carbonyl (C=O) groups is 3. The van der Waals surface area contributed by atoms with Crippen molar-refractivity contribution in [3.8, 4) is 11.5 Å². The lowest BCUT2D eigenvalue weighted by molar-refractivity contribution is -0.150. The number of ether oxygens (including phenoxy) is 3. The van der Waals surface area contributed by atoms with Crippen molar-refractivity contribution in [2.24, 2.45) is 0 Å². The molecule has 0 spiro atoms. The molecule has 0 aliphatic carbocycles. The number of aryl methyl sites for hydroxylation is 1. The molecule has 0 unspecified atom stereocenters. The maximum atomic E-state index is 12.2. The molecule has 4 rings (SSSR count). The zero-order valence-corrected chi connectivity index (χ0v) is 16.2. The quantitative estimate of drug-likeness (QED) is 0.645. The van der Waals surface area contributed by atoms with Crippen LogP contribution < -0.4 is 14.8 Å². The van der Waals surface area contributed by atoms with Gasteiger partial charge >= 0.3 is 5.97 Å². The Kier molecular flexibility index (Phi) is 5.38. The van der Waals surface area contributed by atoms with Crippen molar-refractivity contribution < 1.29 is 33.0 Å². The number of benzene rings is 2. The van der Waals surface area contributed by atoms with E-state index in [0.29, 0.717) is 22.6 Å². The van der Waals surface area contributed by atoms with Crippen molar-refractivity contribution in [3.05, 3.63) is 59.9 Å². The van der Waals surface area contributed by atoms with Gasteiger partial charge in [-0.2, -0.15) is 0 Å². The van der Waals surface area contributed by atoms with Crippen LogP contribution in [-0.2, 0) is 25.5 Å². The van der Waals surface area contributed by atoms with E-state index in [1.807, 2.05) is 25.1 Å².